The molecule has 1 atom stereocenters. The molecule has 1 aliphatic heterocycles. The van der Waals surface area contributed by atoms with Crippen LogP contribution in [0.25, 0.3) is 22.5 Å². The molecule has 2 aromatic carbocycles. The highest BCUT2D eigenvalue weighted by Gasteiger charge is 2.31. The Balaban J connectivity index is 1.50. The Kier molecular flexibility index (Phi) is 7.40. The van der Waals surface area contributed by atoms with E-state index in [1.165, 1.54) is 18.3 Å². The van der Waals surface area contributed by atoms with Crippen molar-refractivity contribution in [3.63, 3.8) is 0 Å². The van der Waals surface area contributed by atoms with Gasteiger partial charge in [-0.2, -0.15) is 13.2 Å². The second kappa shape index (κ2) is 10.7. The Bertz CT molecular complexity index is 1520. The van der Waals surface area contributed by atoms with E-state index >= 15 is 0 Å². The van der Waals surface area contributed by atoms with Gasteiger partial charge in [-0.25, -0.2) is 23.1 Å². The van der Waals surface area contributed by atoms with E-state index in [1.54, 1.807) is 6.07 Å². The van der Waals surface area contributed by atoms with Crippen molar-refractivity contribution in [3.05, 3.63) is 82.3 Å². The number of aliphatic hydroxyl groups is 1. The summed E-state index contributed by atoms with van der Waals surface area (Å²) in [6, 6.07) is 7.28. The Hall–Kier alpha value is -3.77. The largest absolute Gasteiger partial charge is 0.416 e. The summed E-state index contributed by atoms with van der Waals surface area (Å²) in [6.07, 6.45) is -3.01. The molecule has 2 N–H and O–H groups in total. The average molecular weight is 582 g/mol. The highest BCUT2D eigenvalue weighted by molar-refractivity contribution is 6.33. The van der Waals surface area contributed by atoms with Gasteiger partial charge in [-0.15, -0.1) is 0 Å². The molecule has 1 fully saturated rings. The van der Waals surface area contributed by atoms with E-state index < -0.39 is 29.2 Å². The van der Waals surface area contributed by atoms with E-state index in [2.05, 4.69) is 15.0 Å². The Morgan fingerprint density at radius 3 is 2.27 bits per heavy atom. The number of halogens is 7. The van der Waals surface area contributed by atoms with E-state index in [-0.39, 0.29) is 35.2 Å². The molecular formula is C27H22ClF6N5O. The van der Waals surface area contributed by atoms with Crippen LogP contribution in [-0.4, -0.2) is 45.7 Å². The Morgan fingerprint density at radius 2 is 1.70 bits per heavy atom. The molecule has 3 heterocycles. The second-order valence-corrected chi connectivity index (χ2v) is 9.82. The first-order valence-corrected chi connectivity index (χ1v) is 12.5. The molecule has 0 radical (unpaired) electrons. The molecule has 1 aliphatic rings. The molecule has 1 unspecified atom stereocenters. The minimum atomic E-state index is -4.55. The van der Waals surface area contributed by atoms with Crippen LogP contribution in [0.2, 0.25) is 5.02 Å². The molecule has 0 amide bonds. The molecule has 2 aromatic heterocycles. The Labute approximate surface area is 229 Å². The summed E-state index contributed by atoms with van der Waals surface area (Å²) in [4.78, 5) is 15.9. The molecule has 13 heteroatoms. The number of H-pyrrole nitrogens is 1. The maximum atomic E-state index is 14.1. The summed E-state index contributed by atoms with van der Waals surface area (Å²) in [7, 11) is 0. The van der Waals surface area contributed by atoms with E-state index in [4.69, 9.17) is 11.6 Å². The van der Waals surface area contributed by atoms with E-state index in [1.807, 2.05) is 16.7 Å². The lowest BCUT2D eigenvalue weighted by Crippen LogP contribution is -2.52. The number of aromatic amines is 1. The maximum Gasteiger partial charge on any atom is 0.416 e. The first-order valence-electron chi connectivity index (χ1n) is 12.2. The topological polar surface area (TPSA) is 68.3 Å². The number of nitrogens with one attached hydrogen (secondary N) is 1. The van der Waals surface area contributed by atoms with Gasteiger partial charge >= 0.3 is 6.18 Å². The number of imidazole rings is 1. The van der Waals surface area contributed by atoms with Crippen molar-refractivity contribution in [1.82, 2.24) is 15.0 Å². The van der Waals surface area contributed by atoms with Crippen molar-refractivity contribution in [1.29, 1.82) is 0 Å². The number of hydrogen-bond donors (Lipinski definition) is 2. The summed E-state index contributed by atoms with van der Waals surface area (Å²) < 4.78 is 81.3. The van der Waals surface area contributed by atoms with Crippen molar-refractivity contribution < 1.29 is 31.4 Å². The number of hydrogen-bond acceptors (Lipinski definition) is 5. The van der Waals surface area contributed by atoms with Crippen LogP contribution in [0.4, 0.5) is 38.1 Å². The zero-order chi connectivity index (χ0) is 28.8. The number of aromatic nitrogens is 3. The van der Waals surface area contributed by atoms with Crippen molar-refractivity contribution in [3.8, 4) is 22.5 Å². The molecule has 5 rings (SSSR count). The molecule has 0 bridgehead atoms. The van der Waals surface area contributed by atoms with Gasteiger partial charge in [-0.3, -0.25) is 0 Å². The minimum absolute atomic E-state index is 0.0477. The summed E-state index contributed by atoms with van der Waals surface area (Å²) in [5, 5.41) is 9.70. The second-order valence-electron chi connectivity index (χ2n) is 9.41. The lowest BCUT2D eigenvalue weighted by molar-refractivity contribution is -0.137. The molecule has 4 aromatic rings. The van der Waals surface area contributed by atoms with Crippen LogP contribution in [0.1, 0.15) is 18.1 Å². The average Bonchev–Trinajstić information content (AvgIpc) is 3.36. The lowest BCUT2D eigenvalue weighted by atomic mass is 10.0. The first-order chi connectivity index (χ1) is 19.0. The number of rotatable bonds is 5. The van der Waals surface area contributed by atoms with Crippen molar-refractivity contribution in [2.75, 3.05) is 29.4 Å². The van der Waals surface area contributed by atoms with Crippen LogP contribution >= 0.6 is 11.6 Å². The van der Waals surface area contributed by atoms with Gasteiger partial charge in [0.25, 0.3) is 0 Å². The van der Waals surface area contributed by atoms with Crippen LogP contribution < -0.4 is 9.80 Å². The number of piperazine rings is 1. The van der Waals surface area contributed by atoms with E-state index in [0.717, 1.165) is 24.3 Å². The summed E-state index contributed by atoms with van der Waals surface area (Å²) in [5.41, 5.74) is 0.186. The third-order valence-electron chi connectivity index (χ3n) is 6.71. The molecule has 40 heavy (non-hydrogen) atoms. The highest BCUT2D eigenvalue weighted by atomic mass is 35.5. The fraction of sp³-hybridized carbons (Fsp3) is 0.259. The van der Waals surface area contributed by atoms with E-state index in [9.17, 15) is 31.4 Å². The number of anilines is 2. The number of pyridine rings is 1. The summed E-state index contributed by atoms with van der Waals surface area (Å²) in [5.74, 6) is -3.61. The van der Waals surface area contributed by atoms with Gasteiger partial charge < -0.3 is 19.9 Å². The normalized spacial score (nSPS) is 16.1. The number of alkyl halides is 3. The zero-order valence-electron chi connectivity index (χ0n) is 20.9. The Morgan fingerprint density at radius 1 is 1.02 bits per heavy atom. The van der Waals surface area contributed by atoms with Crippen molar-refractivity contribution >= 4 is 23.4 Å². The van der Waals surface area contributed by atoms with Gasteiger partial charge in [-0.1, -0.05) is 23.7 Å². The van der Waals surface area contributed by atoms with Gasteiger partial charge in [0, 0.05) is 43.0 Å². The SMILES string of the molecule is CC1CN(c2ncc(CO)cc2Cl)CCN1c1nc(-c2cc(F)c(F)c(F)c2)c(-c2ccc(C(F)(F)F)cc2)[nH]1. The molecule has 6 nitrogen and oxygen atoms in total. The predicted octanol–water partition coefficient (Wildman–Crippen LogP) is 6.44. The molecular weight excluding hydrogens is 560 g/mol. The predicted molar refractivity (Wildman–Crippen MR) is 139 cm³/mol. The first kappa shape index (κ1) is 27.8. The molecule has 210 valence electrons. The molecule has 1 saturated heterocycles. The van der Waals surface area contributed by atoms with E-state index in [0.29, 0.717) is 42.0 Å². The monoisotopic (exact) mass is 581 g/mol. The lowest BCUT2D eigenvalue weighted by Gasteiger charge is -2.40. The third kappa shape index (κ3) is 5.33. The van der Waals surface area contributed by atoms with Crippen LogP contribution in [0.3, 0.4) is 0 Å². The summed E-state index contributed by atoms with van der Waals surface area (Å²) >= 11 is 6.37. The van der Waals surface area contributed by atoms with Crippen LogP contribution in [0.15, 0.2) is 48.7 Å². The van der Waals surface area contributed by atoms with Crippen molar-refractivity contribution in [2.45, 2.75) is 25.7 Å². The quantitative estimate of drug-likeness (QED) is 0.210. The minimum Gasteiger partial charge on any atom is -0.392 e. The van der Waals surface area contributed by atoms with Gasteiger partial charge in [0.2, 0.25) is 5.95 Å². The molecule has 0 saturated carbocycles. The highest BCUT2D eigenvalue weighted by Crippen LogP contribution is 2.37. The molecule has 0 aliphatic carbocycles. The van der Waals surface area contributed by atoms with Crippen LogP contribution in [-0.2, 0) is 12.8 Å². The fourth-order valence-electron chi connectivity index (χ4n) is 4.69. The number of benzene rings is 2. The van der Waals surface area contributed by atoms with Gasteiger partial charge in [0.1, 0.15) is 5.82 Å². The summed E-state index contributed by atoms with van der Waals surface area (Å²) in [6.45, 7) is 3.09. The third-order valence-corrected chi connectivity index (χ3v) is 6.99. The van der Waals surface area contributed by atoms with Gasteiger partial charge in [0.15, 0.2) is 17.5 Å². The smallest absolute Gasteiger partial charge is 0.392 e. The zero-order valence-corrected chi connectivity index (χ0v) is 21.7. The van der Waals surface area contributed by atoms with Crippen LogP contribution in [0.5, 0.6) is 0 Å². The molecule has 0 spiro atoms. The fourth-order valence-corrected chi connectivity index (χ4v) is 5.00. The van der Waals surface area contributed by atoms with Gasteiger partial charge in [0.05, 0.1) is 28.6 Å². The maximum absolute atomic E-state index is 14.1. The van der Waals surface area contributed by atoms with Crippen LogP contribution in [0, 0.1) is 17.5 Å². The standard InChI is InChI=1S/C27H22ClF6N5O/c1-14-12-38(25-19(28)8-15(13-40)11-35-25)6-7-39(14)26-36-23(16-2-4-18(5-3-16)27(32,33)34)24(37-26)17-9-20(29)22(31)21(30)10-17/h2-5,8-11,14,40H,6-7,12-13H2,1H3,(H,36,37). The number of nitrogens with zero attached hydrogens (tertiary/aromatic N) is 4. The van der Waals surface area contributed by atoms with Gasteiger partial charge in [-0.05, 0) is 42.8 Å². The number of aliphatic hydroxyl groups excluding tert-OH is 1. The van der Waals surface area contributed by atoms with Crippen molar-refractivity contribution in [2.24, 2.45) is 0 Å².